The Hall–Kier alpha value is -3.60. The average Bonchev–Trinajstić information content (AvgIpc) is 3.20. The Morgan fingerprint density at radius 2 is 1.94 bits per heavy atom. The van der Waals surface area contributed by atoms with Crippen LogP contribution in [0.25, 0.3) is 11.0 Å². The van der Waals surface area contributed by atoms with Crippen LogP contribution in [0.1, 0.15) is 31.7 Å². The van der Waals surface area contributed by atoms with Crippen LogP contribution < -0.4 is 0 Å². The van der Waals surface area contributed by atoms with Crippen molar-refractivity contribution in [1.82, 2.24) is 14.5 Å². The summed E-state index contributed by atoms with van der Waals surface area (Å²) in [7, 11) is 0. The van der Waals surface area contributed by atoms with Crippen molar-refractivity contribution in [2.75, 3.05) is 25.4 Å². The lowest BCUT2D eigenvalue weighted by molar-refractivity contribution is -0.384. The first-order chi connectivity index (χ1) is 17.4. The molecule has 1 N–H and O–H groups in total. The van der Waals surface area contributed by atoms with E-state index in [1.54, 1.807) is 4.90 Å². The summed E-state index contributed by atoms with van der Waals surface area (Å²) in [5, 5.41) is 20.9. The van der Waals surface area contributed by atoms with Gasteiger partial charge in [-0.05, 0) is 30.9 Å². The Kier molecular flexibility index (Phi) is 10.1. The van der Waals surface area contributed by atoms with E-state index in [9.17, 15) is 24.8 Å². The molecule has 0 radical (unpaired) electrons. The minimum atomic E-state index is -1.03. The van der Waals surface area contributed by atoms with Crippen LogP contribution in [0.15, 0.2) is 53.7 Å². The Morgan fingerprint density at radius 3 is 2.64 bits per heavy atom. The Labute approximate surface area is 213 Å². The predicted molar refractivity (Wildman–Crippen MR) is 137 cm³/mol. The zero-order chi connectivity index (χ0) is 25.9. The van der Waals surface area contributed by atoms with Crippen LogP contribution in [0.4, 0.5) is 10.5 Å². The number of nitro groups is 1. The molecule has 3 rings (SSSR count). The standard InChI is InChI=1S/C25H30N4O6S/c1-2-3-15-35-25(32)27(14-12-19-8-5-4-6-9-19)13-7-16-36-24-26-21-17-20(29(33)34)10-11-22(21)28(24)18-23(30)31/h4-6,8-11,17H,2-3,7,12-16,18H2,1H3,(H,30,31). The second-order valence-electron chi connectivity index (χ2n) is 8.20. The number of nitrogens with zero attached hydrogens (tertiary/aromatic N) is 4. The topological polar surface area (TPSA) is 128 Å². The summed E-state index contributed by atoms with van der Waals surface area (Å²) in [5.41, 5.74) is 1.93. The minimum absolute atomic E-state index is 0.102. The SMILES string of the molecule is CCCCOC(=O)N(CCCSc1nc2cc([N+](=O)[O-])ccc2n1CC(=O)O)CCc1ccccc1. The fourth-order valence-corrected chi connectivity index (χ4v) is 4.56. The number of carboxylic acid groups (broad SMARTS) is 1. The van der Waals surface area contributed by atoms with Crippen LogP contribution in [0, 0.1) is 10.1 Å². The van der Waals surface area contributed by atoms with Crippen molar-refractivity contribution in [3.63, 3.8) is 0 Å². The van der Waals surface area contributed by atoms with Crippen LogP contribution in [0.3, 0.4) is 0 Å². The summed E-state index contributed by atoms with van der Waals surface area (Å²) in [6.07, 6.45) is 2.76. The normalized spacial score (nSPS) is 10.9. The molecule has 2 aromatic carbocycles. The number of ether oxygens (including phenoxy) is 1. The molecule has 0 atom stereocenters. The highest BCUT2D eigenvalue weighted by Crippen LogP contribution is 2.27. The maximum atomic E-state index is 12.6. The van der Waals surface area contributed by atoms with Gasteiger partial charge < -0.3 is 19.3 Å². The summed E-state index contributed by atoms with van der Waals surface area (Å²) in [4.78, 5) is 40.8. The largest absolute Gasteiger partial charge is 0.480 e. The van der Waals surface area contributed by atoms with E-state index in [4.69, 9.17) is 4.74 Å². The van der Waals surface area contributed by atoms with Gasteiger partial charge in [-0.25, -0.2) is 9.78 Å². The summed E-state index contributed by atoms with van der Waals surface area (Å²) >= 11 is 1.36. The zero-order valence-electron chi connectivity index (χ0n) is 20.2. The molecule has 192 valence electrons. The molecule has 1 amide bonds. The lowest BCUT2D eigenvalue weighted by atomic mass is 10.1. The van der Waals surface area contributed by atoms with Gasteiger partial charge in [0.25, 0.3) is 5.69 Å². The molecule has 0 spiro atoms. The number of hydrogen-bond donors (Lipinski definition) is 1. The number of aromatic nitrogens is 2. The Bertz CT molecular complexity index is 1180. The smallest absolute Gasteiger partial charge is 0.409 e. The van der Waals surface area contributed by atoms with Crippen molar-refractivity contribution in [2.24, 2.45) is 0 Å². The van der Waals surface area contributed by atoms with E-state index in [0.717, 1.165) is 18.4 Å². The van der Waals surface area contributed by atoms with Gasteiger partial charge in [0, 0.05) is 31.0 Å². The summed E-state index contributed by atoms with van der Waals surface area (Å²) in [6.45, 7) is 3.13. The predicted octanol–water partition coefficient (Wildman–Crippen LogP) is 4.99. The fraction of sp³-hybridized carbons (Fsp3) is 0.400. The van der Waals surface area contributed by atoms with Crippen molar-refractivity contribution < 1.29 is 24.4 Å². The lowest BCUT2D eigenvalue weighted by Crippen LogP contribution is -2.34. The Morgan fingerprint density at radius 1 is 1.17 bits per heavy atom. The van der Waals surface area contributed by atoms with Crippen LogP contribution >= 0.6 is 11.8 Å². The minimum Gasteiger partial charge on any atom is -0.480 e. The van der Waals surface area contributed by atoms with Crippen molar-refractivity contribution in [1.29, 1.82) is 0 Å². The van der Waals surface area contributed by atoms with Gasteiger partial charge in [-0.2, -0.15) is 0 Å². The molecule has 11 heteroatoms. The first kappa shape index (κ1) is 27.0. The van der Waals surface area contributed by atoms with Gasteiger partial charge >= 0.3 is 12.1 Å². The summed E-state index contributed by atoms with van der Waals surface area (Å²) < 4.78 is 6.96. The monoisotopic (exact) mass is 514 g/mol. The highest BCUT2D eigenvalue weighted by Gasteiger charge is 2.18. The lowest BCUT2D eigenvalue weighted by Gasteiger charge is -2.22. The van der Waals surface area contributed by atoms with Gasteiger partial charge in [-0.1, -0.05) is 55.4 Å². The van der Waals surface area contributed by atoms with Gasteiger partial charge in [0.15, 0.2) is 5.16 Å². The van der Waals surface area contributed by atoms with Crippen molar-refractivity contribution in [3.05, 3.63) is 64.2 Å². The summed E-state index contributed by atoms with van der Waals surface area (Å²) in [6, 6.07) is 14.1. The van der Waals surface area contributed by atoms with Gasteiger partial charge in [-0.15, -0.1) is 0 Å². The van der Waals surface area contributed by atoms with Crippen LogP contribution in [-0.4, -0.2) is 62.0 Å². The van der Waals surface area contributed by atoms with Gasteiger partial charge in [-0.3, -0.25) is 14.9 Å². The van der Waals surface area contributed by atoms with Gasteiger partial charge in [0.2, 0.25) is 0 Å². The maximum absolute atomic E-state index is 12.6. The molecular weight excluding hydrogens is 484 g/mol. The van der Waals surface area contributed by atoms with E-state index in [-0.39, 0.29) is 18.3 Å². The molecule has 0 aliphatic carbocycles. The second kappa shape index (κ2) is 13.5. The van der Waals surface area contributed by atoms with E-state index in [0.29, 0.717) is 54.5 Å². The number of carboxylic acids is 1. The van der Waals surface area contributed by atoms with Crippen molar-refractivity contribution in [3.8, 4) is 0 Å². The number of hydrogen-bond acceptors (Lipinski definition) is 7. The molecule has 1 aromatic heterocycles. The number of aliphatic carboxylic acids is 1. The number of unbranched alkanes of at least 4 members (excludes halogenated alkanes) is 1. The zero-order valence-corrected chi connectivity index (χ0v) is 21.0. The molecule has 3 aromatic rings. The molecule has 10 nitrogen and oxygen atoms in total. The quantitative estimate of drug-likeness (QED) is 0.138. The number of imidazole rings is 1. The Balaban J connectivity index is 1.64. The van der Waals surface area contributed by atoms with E-state index < -0.39 is 10.9 Å². The van der Waals surface area contributed by atoms with E-state index >= 15 is 0 Å². The van der Waals surface area contributed by atoms with E-state index in [1.807, 2.05) is 37.3 Å². The molecule has 0 saturated heterocycles. The average molecular weight is 515 g/mol. The van der Waals surface area contributed by atoms with Gasteiger partial charge in [0.1, 0.15) is 6.54 Å². The van der Waals surface area contributed by atoms with Crippen LogP contribution in [-0.2, 0) is 22.5 Å². The number of nitro benzene ring substituents is 1. The number of benzene rings is 2. The molecule has 0 saturated carbocycles. The fourth-order valence-electron chi connectivity index (χ4n) is 3.62. The van der Waals surface area contributed by atoms with E-state index in [1.165, 1.54) is 34.5 Å². The number of amides is 1. The first-order valence-corrected chi connectivity index (χ1v) is 12.8. The molecule has 0 fully saturated rings. The third-order valence-electron chi connectivity index (χ3n) is 5.50. The number of thioether (sulfide) groups is 1. The van der Waals surface area contributed by atoms with E-state index in [2.05, 4.69) is 4.98 Å². The number of non-ortho nitro benzene ring substituents is 1. The van der Waals surface area contributed by atoms with Crippen molar-refractivity contribution in [2.45, 2.75) is 44.3 Å². The summed E-state index contributed by atoms with van der Waals surface area (Å²) in [5.74, 6) is -0.453. The van der Waals surface area contributed by atoms with Crippen LogP contribution in [0.2, 0.25) is 0 Å². The number of carbonyl (C=O) groups excluding carboxylic acids is 1. The van der Waals surface area contributed by atoms with Crippen LogP contribution in [0.5, 0.6) is 0 Å². The maximum Gasteiger partial charge on any atom is 0.409 e. The molecule has 0 unspecified atom stereocenters. The second-order valence-corrected chi connectivity index (χ2v) is 9.26. The highest BCUT2D eigenvalue weighted by molar-refractivity contribution is 7.99. The van der Waals surface area contributed by atoms with Gasteiger partial charge in [0.05, 0.1) is 22.6 Å². The molecule has 0 bridgehead atoms. The third-order valence-corrected chi connectivity index (χ3v) is 6.56. The molecular formula is C25H30N4O6S. The molecule has 0 aliphatic rings. The molecule has 36 heavy (non-hydrogen) atoms. The number of carbonyl (C=O) groups is 2. The molecule has 0 aliphatic heterocycles. The number of fused-ring (bicyclic) bond motifs is 1. The third kappa shape index (κ3) is 7.70. The highest BCUT2D eigenvalue weighted by atomic mass is 32.2. The number of rotatable bonds is 14. The molecule has 1 heterocycles. The first-order valence-electron chi connectivity index (χ1n) is 11.8. The van der Waals surface area contributed by atoms with Crippen molar-refractivity contribution >= 4 is 40.5 Å².